The summed E-state index contributed by atoms with van der Waals surface area (Å²) in [5.74, 6) is 0.249. The Morgan fingerprint density at radius 2 is 1.00 bits per heavy atom. The molecule has 9 aromatic rings. The molecule has 0 atom stereocenters. The number of benzene rings is 4. The quantitative estimate of drug-likeness (QED) is 0.138. The summed E-state index contributed by atoms with van der Waals surface area (Å²) < 4.78 is 20.4. The van der Waals surface area contributed by atoms with E-state index in [1.54, 1.807) is 32.3 Å². The maximum atomic E-state index is 12.8. The largest absolute Gasteiger partial charge is 0.480 e. The molecule has 5 heterocycles. The third kappa shape index (κ3) is 8.48. The zero-order valence-electron chi connectivity index (χ0n) is 35.4. The van der Waals surface area contributed by atoms with Crippen molar-refractivity contribution in [1.82, 2.24) is 38.6 Å². The average molecular weight is 831 g/mol. The lowest BCUT2D eigenvalue weighted by molar-refractivity contribution is 0.353. The van der Waals surface area contributed by atoms with E-state index >= 15 is 0 Å². The van der Waals surface area contributed by atoms with Crippen molar-refractivity contribution in [3.05, 3.63) is 158 Å². The van der Waals surface area contributed by atoms with Crippen LogP contribution in [-0.4, -0.2) is 52.8 Å². The Balaban J connectivity index is 0.000000141. The van der Waals surface area contributed by atoms with Crippen LogP contribution in [0.3, 0.4) is 0 Å². The van der Waals surface area contributed by atoms with Crippen LogP contribution in [0.2, 0.25) is 0 Å². The van der Waals surface area contributed by atoms with Crippen molar-refractivity contribution in [2.75, 3.05) is 14.2 Å². The fourth-order valence-corrected chi connectivity index (χ4v) is 7.14. The molecule has 0 fully saturated rings. The molecule has 0 aliphatic rings. The average Bonchev–Trinajstić information content (AvgIpc) is 3.86. The number of furan rings is 1. The van der Waals surface area contributed by atoms with Crippen molar-refractivity contribution >= 4 is 33.1 Å². The highest BCUT2D eigenvalue weighted by atomic mass is 16.5. The summed E-state index contributed by atoms with van der Waals surface area (Å²) in [7, 11) is 2.94. The SMILES string of the molecule is CCc1ccc(-c2nc3ccccc3n(CC)c2=O)cc1.CCn1c(=O)c(-c2ccoc2)nc2ccccc21.CCn1c(=O)c(-c2cnc(OC)nc2OC)nc2ccccc21. The summed E-state index contributed by atoms with van der Waals surface area (Å²) in [6.07, 6.45) is 5.56. The van der Waals surface area contributed by atoms with Gasteiger partial charge in [-0.2, -0.15) is 4.98 Å². The lowest BCUT2D eigenvalue weighted by atomic mass is 10.1. The minimum Gasteiger partial charge on any atom is -0.480 e. The van der Waals surface area contributed by atoms with Crippen LogP contribution in [-0.2, 0) is 26.1 Å². The van der Waals surface area contributed by atoms with Gasteiger partial charge in [-0.3, -0.25) is 14.4 Å². The standard InChI is InChI=1S/C18H18N2O.C16H16N4O3.C14H12N2O2/c1-3-13-9-11-14(12-10-13)17-18(21)20(4-2)16-8-6-5-7-15(16)19-17;1-4-20-12-8-6-5-7-11(12)18-13(15(20)21)10-9-17-16(23-3)19-14(10)22-2;1-2-16-12-6-4-3-5-11(12)15-13(14(16)17)10-7-8-18-9-10/h5-12H,3-4H2,1-2H3;5-9H,4H2,1-3H3;3-9H,2H2,1H3. The second-order valence-corrected chi connectivity index (χ2v) is 13.8. The van der Waals surface area contributed by atoms with Crippen molar-refractivity contribution in [3.63, 3.8) is 0 Å². The Bertz CT molecular complexity index is 3170. The number of aryl methyl sites for hydroxylation is 4. The van der Waals surface area contributed by atoms with Crippen LogP contribution in [0.5, 0.6) is 11.9 Å². The molecule has 0 saturated heterocycles. The van der Waals surface area contributed by atoms with Crippen LogP contribution >= 0.6 is 0 Å². The number of methoxy groups -OCH3 is 2. The van der Waals surface area contributed by atoms with Gasteiger partial charge in [-0.05, 0) is 75.2 Å². The van der Waals surface area contributed by atoms with Crippen LogP contribution < -0.4 is 26.2 Å². The van der Waals surface area contributed by atoms with Gasteiger partial charge in [-0.15, -0.1) is 0 Å². The van der Waals surface area contributed by atoms with Gasteiger partial charge in [0.2, 0.25) is 5.88 Å². The number of hydrogen-bond acceptors (Lipinski definition) is 11. The summed E-state index contributed by atoms with van der Waals surface area (Å²) >= 11 is 0. The van der Waals surface area contributed by atoms with E-state index in [4.69, 9.17) is 13.9 Å². The molecule has 0 unspecified atom stereocenters. The number of aromatic nitrogens is 8. The summed E-state index contributed by atoms with van der Waals surface area (Å²) in [5, 5.41) is 0. The van der Waals surface area contributed by atoms with Crippen molar-refractivity contribution < 1.29 is 13.9 Å². The number of rotatable bonds is 9. The number of nitrogens with zero attached hydrogens (tertiary/aromatic N) is 8. The molecule has 4 aromatic carbocycles. The molecule has 5 aromatic heterocycles. The zero-order chi connectivity index (χ0) is 43.8. The molecular formula is C48H46N8O6. The zero-order valence-corrected chi connectivity index (χ0v) is 35.4. The Morgan fingerprint density at radius 1 is 0.532 bits per heavy atom. The molecule has 9 rings (SSSR count). The van der Waals surface area contributed by atoms with Crippen molar-refractivity contribution in [2.45, 2.75) is 53.8 Å². The number of fused-ring (bicyclic) bond motifs is 3. The summed E-state index contributed by atoms with van der Waals surface area (Å²) in [4.78, 5) is 59.5. The Morgan fingerprint density at radius 3 is 1.44 bits per heavy atom. The Hall–Kier alpha value is -7.74. The first-order valence-corrected chi connectivity index (χ1v) is 20.3. The summed E-state index contributed by atoms with van der Waals surface area (Å²) in [6.45, 7) is 9.76. The first kappa shape index (κ1) is 42.4. The van der Waals surface area contributed by atoms with E-state index in [1.807, 2.05) is 106 Å². The molecule has 0 amide bonds. The molecule has 14 heteroatoms. The fourth-order valence-electron chi connectivity index (χ4n) is 7.14. The van der Waals surface area contributed by atoms with Gasteiger partial charge in [0.1, 0.15) is 17.1 Å². The van der Waals surface area contributed by atoms with E-state index in [0.717, 1.165) is 45.1 Å². The minimum atomic E-state index is -0.210. The van der Waals surface area contributed by atoms with Gasteiger partial charge >= 0.3 is 6.01 Å². The number of para-hydroxylation sites is 6. The predicted molar refractivity (Wildman–Crippen MR) is 242 cm³/mol. The van der Waals surface area contributed by atoms with E-state index in [9.17, 15) is 14.4 Å². The van der Waals surface area contributed by atoms with E-state index in [0.29, 0.717) is 42.1 Å². The smallest absolute Gasteiger partial charge is 0.319 e. The molecule has 0 radical (unpaired) electrons. The molecule has 0 bridgehead atoms. The fraction of sp³-hybridized carbons (Fsp3) is 0.208. The van der Waals surface area contributed by atoms with E-state index < -0.39 is 0 Å². The topological polar surface area (TPSA) is 162 Å². The normalized spacial score (nSPS) is 10.9. The maximum absolute atomic E-state index is 12.8. The third-order valence-electron chi connectivity index (χ3n) is 10.3. The molecule has 14 nitrogen and oxygen atoms in total. The van der Waals surface area contributed by atoms with E-state index in [1.165, 1.54) is 26.0 Å². The first-order chi connectivity index (χ1) is 30.2. The molecule has 0 aliphatic heterocycles. The van der Waals surface area contributed by atoms with E-state index in [-0.39, 0.29) is 34.3 Å². The molecule has 0 N–H and O–H groups in total. The summed E-state index contributed by atoms with van der Waals surface area (Å²) in [6, 6.07) is 32.9. The third-order valence-corrected chi connectivity index (χ3v) is 10.3. The summed E-state index contributed by atoms with van der Waals surface area (Å²) in [5.41, 5.74) is 9.11. The van der Waals surface area contributed by atoms with Gasteiger partial charge < -0.3 is 27.6 Å². The Kier molecular flexibility index (Phi) is 13.1. The first-order valence-electron chi connectivity index (χ1n) is 20.3. The van der Waals surface area contributed by atoms with Gasteiger partial charge in [0.05, 0.1) is 65.4 Å². The van der Waals surface area contributed by atoms with Crippen LogP contribution in [0.1, 0.15) is 33.3 Å². The minimum absolute atomic E-state index is 0.0274. The van der Waals surface area contributed by atoms with Gasteiger partial charge in [0.25, 0.3) is 16.7 Å². The lowest BCUT2D eigenvalue weighted by Gasteiger charge is -2.12. The Labute approximate surface area is 356 Å². The van der Waals surface area contributed by atoms with Crippen molar-refractivity contribution in [3.8, 4) is 45.7 Å². The van der Waals surface area contributed by atoms with Crippen LogP contribution in [0.4, 0.5) is 0 Å². The predicted octanol–water partition coefficient (Wildman–Crippen LogP) is 8.21. The van der Waals surface area contributed by atoms with Crippen molar-refractivity contribution in [2.24, 2.45) is 0 Å². The highest BCUT2D eigenvalue weighted by molar-refractivity contribution is 5.80. The van der Waals surface area contributed by atoms with Gasteiger partial charge in [0.15, 0.2) is 0 Å². The molecule has 62 heavy (non-hydrogen) atoms. The van der Waals surface area contributed by atoms with E-state index in [2.05, 4.69) is 44.0 Å². The molecule has 0 saturated carbocycles. The molecule has 0 spiro atoms. The second kappa shape index (κ2) is 19.1. The molecule has 314 valence electrons. The van der Waals surface area contributed by atoms with Crippen LogP contribution in [0.25, 0.3) is 66.9 Å². The maximum Gasteiger partial charge on any atom is 0.319 e. The van der Waals surface area contributed by atoms with Gasteiger partial charge in [-0.1, -0.05) is 67.6 Å². The highest BCUT2D eigenvalue weighted by Crippen LogP contribution is 2.27. The highest BCUT2D eigenvalue weighted by Gasteiger charge is 2.19. The molecule has 0 aliphatic carbocycles. The second-order valence-electron chi connectivity index (χ2n) is 13.8. The molecular weight excluding hydrogens is 785 g/mol. The monoisotopic (exact) mass is 830 g/mol. The number of ether oxygens (including phenoxy) is 2. The van der Waals surface area contributed by atoms with Gasteiger partial charge in [-0.25, -0.2) is 19.9 Å². The lowest BCUT2D eigenvalue weighted by Crippen LogP contribution is -2.23. The van der Waals surface area contributed by atoms with Crippen LogP contribution in [0.15, 0.2) is 141 Å². The van der Waals surface area contributed by atoms with Crippen molar-refractivity contribution in [1.29, 1.82) is 0 Å². The van der Waals surface area contributed by atoms with Gasteiger partial charge in [0, 0.05) is 37.0 Å². The number of hydrogen-bond donors (Lipinski definition) is 0. The van der Waals surface area contributed by atoms with Crippen LogP contribution in [0, 0.1) is 0 Å².